The van der Waals surface area contributed by atoms with Gasteiger partial charge in [0.25, 0.3) is 0 Å². The van der Waals surface area contributed by atoms with Crippen molar-refractivity contribution < 1.29 is 8.42 Å². The largest absolute Gasteiger partial charge is 0.311 e. The van der Waals surface area contributed by atoms with Crippen molar-refractivity contribution in [2.45, 2.75) is 11.4 Å². The summed E-state index contributed by atoms with van der Waals surface area (Å²) in [6.45, 7) is 0.481. The lowest BCUT2D eigenvalue weighted by molar-refractivity contribution is 0.597. The molecule has 2 N–H and O–H groups in total. The van der Waals surface area contributed by atoms with Gasteiger partial charge in [0.05, 0.1) is 17.8 Å². The number of aromatic nitrogens is 4. The summed E-state index contributed by atoms with van der Waals surface area (Å²) in [6.07, 6.45) is 2.98. The molecule has 9 heteroatoms. The van der Waals surface area contributed by atoms with E-state index in [9.17, 15) is 8.42 Å². The molecule has 0 unspecified atom stereocenters. The number of sulfonamides is 1. The number of benzene rings is 1. The molecule has 3 rings (SSSR count). The molecule has 0 aliphatic heterocycles. The second kappa shape index (κ2) is 5.06. The van der Waals surface area contributed by atoms with Crippen molar-refractivity contribution in [1.29, 1.82) is 0 Å². The quantitative estimate of drug-likeness (QED) is 0.729. The van der Waals surface area contributed by atoms with Crippen LogP contribution in [-0.2, 0) is 16.6 Å². The number of rotatable bonds is 3. The number of primary sulfonamides is 1. The molecule has 0 atom stereocenters. The van der Waals surface area contributed by atoms with E-state index in [4.69, 9.17) is 16.7 Å². The Labute approximate surface area is 125 Å². The van der Waals surface area contributed by atoms with E-state index in [1.54, 1.807) is 23.0 Å². The van der Waals surface area contributed by atoms with Gasteiger partial charge in [-0.1, -0.05) is 23.7 Å². The molecule has 0 fully saturated rings. The molecule has 2 aromatic heterocycles. The predicted molar refractivity (Wildman–Crippen MR) is 77.3 cm³/mol. The van der Waals surface area contributed by atoms with Gasteiger partial charge >= 0.3 is 0 Å². The third kappa shape index (κ3) is 2.73. The van der Waals surface area contributed by atoms with Gasteiger partial charge in [0.2, 0.25) is 10.0 Å². The summed E-state index contributed by atoms with van der Waals surface area (Å²) < 4.78 is 24.2. The first kappa shape index (κ1) is 13.9. The summed E-state index contributed by atoms with van der Waals surface area (Å²) in [7, 11) is -3.68. The predicted octanol–water partition coefficient (Wildman–Crippen LogP) is 1.18. The first-order chi connectivity index (χ1) is 9.95. The number of imidazole rings is 1. The molecule has 1 aromatic carbocycles. The summed E-state index contributed by atoms with van der Waals surface area (Å²) in [5, 5.41) is 5.35. The monoisotopic (exact) mass is 323 g/mol. The topological polar surface area (TPSA) is 104 Å². The fourth-order valence-corrected chi connectivity index (χ4v) is 2.64. The number of fused-ring (bicyclic) bond motifs is 1. The molecule has 3 aromatic rings. The SMILES string of the molecule is NS(=O)(=O)c1ccc(Cn2cnc3c(Cl)ncnc32)cc1. The van der Waals surface area contributed by atoms with Crippen molar-refractivity contribution in [2.24, 2.45) is 5.14 Å². The summed E-state index contributed by atoms with van der Waals surface area (Å²) in [5.74, 6) is 0. The molecule has 0 saturated heterocycles. The third-order valence-corrected chi connectivity index (χ3v) is 4.17. The zero-order valence-corrected chi connectivity index (χ0v) is 12.2. The first-order valence-corrected chi connectivity index (χ1v) is 7.80. The molecule has 7 nitrogen and oxygen atoms in total. The van der Waals surface area contributed by atoms with Crippen molar-refractivity contribution >= 4 is 32.8 Å². The van der Waals surface area contributed by atoms with Gasteiger partial charge in [-0.15, -0.1) is 0 Å². The Bertz CT molecular complexity index is 905. The van der Waals surface area contributed by atoms with Gasteiger partial charge in [-0.3, -0.25) is 0 Å². The van der Waals surface area contributed by atoms with E-state index >= 15 is 0 Å². The van der Waals surface area contributed by atoms with Crippen molar-refractivity contribution in [2.75, 3.05) is 0 Å². The molecular weight excluding hydrogens is 314 g/mol. The zero-order valence-electron chi connectivity index (χ0n) is 10.6. The van der Waals surface area contributed by atoms with Gasteiger partial charge in [-0.05, 0) is 17.7 Å². The average Bonchev–Trinajstić information content (AvgIpc) is 2.83. The van der Waals surface area contributed by atoms with Crippen LogP contribution in [0.4, 0.5) is 0 Å². The molecule has 21 heavy (non-hydrogen) atoms. The number of nitrogens with zero attached hydrogens (tertiary/aromatic N) is 4. The van der Waals surface area contributed by atoms with Crippen LogP contribution in [0.25, 0.3) is 11.2 Å². The van der Waals surface area contributed by atoms with E-state index in [1.807, 2.05) is 0 Å². The molecule has 0 spiro atoms. The lowest BCUT2D eigenvalue weighted by Crippen LogP contribution is -2.12. The van der Waals surface area contributed by atoms with Crippen molar-refractivity contribution in [3.63, 3.8) is 0 Å². The normalized spacial score (nSPS) is 11.9. The lowest BCUT2D eigenvalue weighted by Gasteiger charge is -2.05. The second-order valence-electron chi connectivity index (χ2n) is 4.40. The zero-order chi connectivity index (χ0) is 15.0. The fraction of sp³-hybridized carbons (Fsp3) is 0.0833. The Balaban J connectivity index is 1.94. The van der Waals surface area contributed by atoms with Crippen molar-refractivity contribution in [3.8, 4) is 0 Å². The number of hydrogen-bond donors (Lipinski definition) is 1. The highest BCUT2D eigenvalue weighted by Gasteiger charge is 2.10. The maximum atomic E-state index is 11.2. The Hall–Kier alpha value is -2.03. The summed E-state index contributed by atoms with van der Waals surface area (Å²) in [6, 6.07) is 6.31. The van der Waals surface area contributed by atoms with Gasteiger partial charge in [0, 0.05) is 0 Å². The van der Waals surface area contributed by atoms with Crippen LogP contribution in [0.15, 0.2) is 41.8 Å². The Morgan fingerprint density at radius 3 is 2.52 bits per heavy atom. The molecular formula is C12H10ClN5O2S. The Kier molecular flexibility index (Phi) is 3.36. The van der Waals surface area contributed by atoms with Crippen molar-refractivity contribution in [1.82, 2.24) is 19.5 Å². The van der Waals surface area contributed by atoms with Gasteiger partial charge in [0.1, 0.15) is 11.8 Å². The van der Waals surface area contributed by atoms with Crippen LogP contribution in [0.2, 0.25) is 5.15 Å². The summed E-state index contributed by atoms with van der Waals surface area (Å²) >= 11 is 5.94. The molecule has 0 aliphatic rings. The van der Waals surface area contributed by atoms with Crippen LogP contribution in [0.1, 0.15) is 5.56 Å². The highest BCUT2D eigenvalue weighted by Crippen LogP contribution is 2.18. The number of hydrogen-bond acceptors (Lipinski definition) is 5. The molecule has 108 valence electrons. The Morgan fingerprint density at radius 1 is 1.14 bits per heavy atom. The smallest absolute Gasteiger partial charge is 0.238 e. The van der Waals surface area contributed by atoms with Crippen LogP contribution in [0.5, 0.6) is 0 Å². The molecule has 0 aliphatic carbocycles. The average molecular weight is 324 g/mol. The van der Waals surface area contributed by atoms with Crippen LogP contribution < -0.4 is 5.14 Å². The molecule has 2 heterocycles. The second-order valence-corrected chi connectivity index (χ2v) is 6.32. The third-order valence-electron chi connectivity index (χ3n) is 2.96. The standard InChI is InChI=1S/C12H10ClN5O2S/c13-11-10-12(16-6-15-11)18(7-17-10)5-8-1-3-9(4-2-8)21(14,19)20/h1-4,6-7H,5H2,(H2,14,19,20). The summed E-state index contributed by atoms with van der Waals surface area (Å²) in [4.78, 5) is 12.2. The maximum absolute atomic E-state index is 11.2. The van der Waals surface area contributed by atoms with Gasteiger partial charge in [-0.2, -0.15) is 0 Å². The highest BCUT2D eigenvalue weighted by atomic mass is 35.5. The van der Waals surface area contributed by atoms with E-state index in [0.717, 1.165) is 5.56 Å². The minimum absolute atomic E-state index is 0.0760. The van der Waals surface area contributed by atoms with E-state index in [1.165, 1.54) is 18.5 Å². The molecule has 0 saturated carbocycles. The minimum Gasteiger partial charge on any atom is -0.311 e. The molecule has 0 radical (unpaired) electrons. The number of halogens is 1. The van der Waals surface area contributed by atoms with Crippen LogP contribution >= 0.6 is 11.6 Å². The van der Waals surface area contributed by atoms with E-state index < -0.39 is 10.0 Å². The van der Waals surface area contributed by atoms with E-state index in [2.05, 4.69) is 15.0 Å². The maximum Gasteiger partial charge on any atom is 0.238 e. The van der Waals surface area contributed by atoms with E-state index in [0.29, 0.717) is 22.9 Å². The first-order valence-electron chi connectivity index (χ1n) is 5.88. The molecule has 0 bridgehead atoms. The molecule has 0 amide bonds. The van der Waals surface area contributed by atoms with Gasteiger partial charge in [-0.25, -0.2) is 28.5 Å². The lowest BCUT2D eigenvalue weighted by atomic mass is 10.2. The van der Waals surface area contributed by atoms with Crippen molar-refractivity contribution in [3.05, 3.63) is 47.6 Å². The van der Waals surface area contributed by atoms with Crippen LogP contribution in [0, 0.1) is 0 Å². The van der Waals surface area contributed by atoms with Crippen LogP contribution in [-0.4, -0.2) is 27.9 Å². The van der Waals surface area contributed by atoms with Crippen LogP contribution in [0.3, 0.4) is 0 Å². The fourth-order valence-electron chi connectivity index (χ4n) is 1.95. The minimum atomic E-state index is -3.68. The summed E-state index contributed by atoms with van der Waals surface area (Å²) in [5.41, 5.74) is 2.03. The number of nitrogens with two attached hydrogens (primary N) is 1. The highest BCUT2D eigenvalue weighted by molar-refractivity contribution is 7.89. The van der Waals surface area contributed by atoms with Gasteiger partial charge < -0.3 is 4.57 Å². The van der Waals surface area contributed by atoms with E-state index in [-0.39, 0.29) is 4.90 Å². The Morgan fingerprint density at radius 2 is 1.86 bits per heavy atom. The van der Waals surface area contributed by atoms with Gasteiger partial charge in [0.15, 0.2) is 10.8 Å².